The molecule has 1 heterocycles. The van der Waals surface area contributed by atoms with E-state index in [2.05, 4.69) is 27.8 Å². The molecule has 0 saturated heterocycles. The number of amides is 2. The van der Waals surface area contributed by atoms with Crippen LogP contribution >= 0.6 is 11.8 Å². The maximum Gasteiger partial charge on any atom is 0.237 e. The summed E-state index contributed by atoms with van der Waals surface area (Å²) in [6.45, 7) is 5.33. The molecule has 8 nitrogen and oxygen atoms in total. The normalized spacial score (nSPS) is 11.1. The van der Waals surface area contributed by atoms with Crippen molar-refractivity contribution in [2.75, 3.05) is 16.4 Å². The molecule has 0 spiro atoms. The SMILES string of the molecule is CCc1ccc(-c2c(C#N)c(N)nc(SC(CC)C(=O)Nc3ccc(NC(C)=O)cc3)c2C#N)cc1. The third-order valence-corrected chi connectivity index (χ3v) is 6.81. The van der Waals surface area contributed by atoms with Crippen molar-refractivity contribution in [1.29, 1.82) is 10.5 Å². The molecule has 0 radical (unpaired) electrons. The van der Waals surface area contributed by atoms with E-state index in [1.165, 1.54) is 6.92 Å². The van der Waals surface area contributed by atoms with Crippen molar-refractivity contribution in [3.8, 4) is 23.3 Å². The van der Waals surface area contributed by atoms with Gasteiger partial charge in [0.1, 0.15) is 28.5 Å². The summed E-state index contributed by atoms with van der Waals surface area (Å²) in [5.74, 6) is -0.438. The van der Waals surface area contributed by atoms with Crippen LogP contribution in [0.25, 0.3) is 11.1 Å². The summed E-state index contributed by atoms with van der Waals surface area (Å²) in [7, 11) is 0. The van der Waals surface area contributed by atoms with Crippen molar-refractivity contribution >= 4 is 40.8 Å². The van der Waals surface area contributed by atoms with E-state index < -0.39 is 5.25 Å². The minimum atomic E-state index is -0.567. The van der Waals surface area contributed by atoms with Crippen molar-refractivity contribution in [3.63, 3.8) is 0 Å². The molecule has 2 amide bonds. The van der Waals surface area contributed by atoms with Crippen molar-refractivity contribution in [2.45, 2.75) is 43.9 Å². The Kier molecular flexibility index (Phi) is 8.66. The van der Waals surface area contributed by atoms with E-state index in [-0.39, 0.29) is 28.8 Å². The maximum absolute atomic E-state index is 13.0. The second-order valence-corrected chi connectivity index (χ2v) is 9.16. The number of nitrogens with two attached hydrogens (primary N) is 1. The van der Waals surface area contributed by atoms with E-state index in [1.807, 2.05) is 38.1 Å². The fourth-order valence-corrected chi connectivity index (χ4v) is 4.62. The Bertz CT molecular complexity index is 1360. The van der Waals surface area contributed by atoms with Gasteiger partial charge in [-0.2, -0.15) is 10.5 Å². The average Bonchev–Trinajstić information content (AvgIpc) is 2.87. The van der Waals surface area contributed by atoms with Gasteiger partial charge in [-0.15, -0.1) is 0 Å². The fourth-order valence-electron chi connectivity index (χ4n) is 3.60. The largest absolute Gasteiger partial charge is 0.383 e. The smallest absolute Gasteiger partial charge is 0.237 e. The first-order valence-electron chi connectivity index (χ1n) is 11.4. The number of hydrogen-bond donors (Lipinski definition) is 3. The van der Waals surface area contributed by atoms with Crippen LogP contribution in [0.2, 0.25) is 0 Å². The van der Waals surface area contributed by atoms with Gasteiger partial charge in [-0.25, -0.2) is 4.98 Å². The lowest BCUT2D eigenvalue weighted by atomic mass is 9.96. The van der Waals surface area contributed by atoms with E-state index in [0.717, 1.165) is 23.7 Å². The Morgan fingerprint density at radius 3 is 2.06 bits per heavy atom. The highest BCUT2D eigenvalue weighted by Gasteiger charge is 2.25. The van der Waals surface area contributed by atoms with E-state index in [0.29, 0.717) is 33.9 Å². The first kappa shape index (κ1) is 26.3. The average molecular weight is 499 g/mol. The molecule has 182 valence electrons. The monoisotopic (exact) mass is 498 g/mol. The van der Waals surface area contributed by atoms with Crippen LogP contribution in [0, 0.1) is 22.7 Å². The van der Waals surface area contributed by atoms with E-state index >= 15 is 0 Å². The van der Waals surface area contributed by atoms with Gasteiger partial charge >= 0.3 is 0 Å². The summed E-state index contributed by atoms with van der Waals surface area (Å²) >= 11 is 1.14. The molecule has 0 aliphatic heterocycles. The van der Waals surface area contributed by atoms with E-state index in [4.69, 9.17) is 5.73 Å². The molecular formula is C27H26N6O2S. The Balaban J connectivity index is 1.92. The Morgan fingerprint density at radius 1 is 0.972 bits per heavy atom. The number of hydrogen-bond acceptors (Lipinski definition) is 7. The molecule has 0 bridgehead atoms. The number of carbonyl (C=O) groups excluding carboxylic acids is 2. The predicted molar refractivity (Wildman–Crippen MR) is 142 cm³/mol. The number of aromatic nitrogens is 1. The minimum absolute atomic E-state index is 0.0115. The third-order valence-electron chi connectivity index (χ3n) is 5.46. The van der Waals surface area contributed by atoms with Gasteiger partial charge < -0.3 is 16.4 Å². The second kappa shape index (κ2) is 11.9. The summed E-state index contributed by atoms with van der Waals surface area (Å²) in [5, 5.41) is 25.0. The zero-order chi connectivity index (χ0) is 26.2. The second-order valence-electron chi connectivity index (χ2n) is 7.96. The zero-order valence-electron chi connectivity index (χ0n) is 20.3. The summed E-state index contributed by atoms with van der Waals surface area (Å²) in [6.07, 6.45) is 1.33. The van der Waals surface area contributed by atoms with E-state index in [9.17, 15) is 20.1 Å². The van der Waals surface area contributed by atoms with Crippen LogP contribution in [0.5, 0.6) is 0 Å². The Morgan fingerprint density at radius 2 is 1.56 bits per heavy atom. The third kappa shape index (κ3) is 6.01. The standard InChI is InChI=1S/C27H26N6O2S/c1-4-17-6-8-18(9-7-17)24-21(14-28)25(30)33-27(22(24)15-29)36-23(5-2)26(35)32-20-12-10-19(11-13-20)31-16(3)34/h6-13,23H,4-5H2,1-3H3,(H2,30,33)(H,31,34)(H,32,35). The zero-order valence-corrected chi connectivity index (χ0v) is 21.1. The lowest BCUT2D eigenvalue weighted by molar-refractivity contribution is -0.116. The summed E-state index contributed by atoms with van der Waals surface area (Å²) < 4.78 is 0. The number of nitrogens with one attached hydrogen (secondary N) is 2. The number of thioether (sulfide) groups is 1. The molecule has 36 heavy (non-hydrogen) atoms. The number of carbonyl (C=O) groups is 2. The molecule has 3 aromatic rings. The highest BCUT2D eigenvalue weighted by Crippen LogP contribution is 2.37. The number of pyridine rings is 1. The van der Waals surface area contributed by atoms with Crippen molar-refractivity contribution < 1.29 is 9.59 Å². The van der Waals surface area contributed by atoms with Crippen LogP contribution in [0.4, 0.5) is 17.2 Å². The van der Waals surface area contributed by atoms with Crippen LogP contribution in [0.15, 0.2) is 53.6 Å². The van der Waals surface area contributed by atoms with Crippen molar-refractivity contribution in [1.82, 2.24) is 4.98 Å². The van der Waals surface area contributed by atoms with Gasteiger partial charge in [-0.1, -0.05) is 49.9 Å². The van der Waals surface area contributed by atoms with Crippen LogP contribution in [-0.2, 0) is 16.0 Å². The van der Waals surface area contributed by atoms with Gasteiger partial charge in [0.15, 0.2) is 0 Å². The summed E-state index contributed by atoms with van der Waals surface area (Å²) in [4.78, 5) is 28.6. The quantitative estimate of drug-likeness (QED) is 0.366. The summed E-state index contributed by atoms with van der Waals surface area (Å²) in [5.41, 5.74) is 9.89. The Hall–Kier alpha value is -4.34. The number of nitriles is 2. The highest BCUT2D eigenvalue weighted by molar-refractivity contribution is 8.00. The maximum atomic E-state index is 13.0. The van der Waals surface area contributed by atoms with Crippen LogP contribution in [0.3, 0.4) is 0 Å². The number of nitrogen functional groups attached to an aromatic ring is 1. The molecule has 0 fully saturated rings. The summed E-state index contributed by atoms with van der Waals surface area (Å²) in [6, 6.07) is 18.6. The predicted octanol–water partition coefficient (Wildman–Crippen LogP) is 5.10. The van der Waals surface area contributed by atoms with Crippen LogP contribution < -0.4 is 16.4 Å². The Labute approximate surface area is 214 Å². The molecule has 2 aromatic carbocycles. The first-order valence-corrected chi connectivity index (χ1v) is 12.3. The number of aryl methyl sites for hydroxylation is 1. The number of rotatable bonds is 8. The van der Waals surface area contributed by atoms with E-state index in [1.54, 1.807) is 24.3 Å². The molecule has 1 unspecified atom stereocenters. The lowest BCUT2D eigenvalue weighted by Crippen LogP contribution is -2.25. The van der Waals surface area contributed by atoms with Crippen molar-refractivity contribution in [2.24, 2.45) is 0 Å². The molecule has 0 aliphatic rings. The van der Waals surface area contributed by atoms with Gasteiger partial charge in [0.2, 0.25) is 11.8 Å². The van der Waals surface area contributed by atoms with Gasteiger partial charge in [0, 0.05) is 23.9 Å². The molecule has 1 aromatic heterocycles. The first-order chi connectivity index (χ1) is 17.3. The topological polar surface area (TPSA) is 145 Å². The lowest BCUT2D eigenvalue weighted by Gasteiger charge is -2.18. The highest BCUT2D eigenvalue weighted by atomic mass is 32.2. The molecule has 9 heteroatoms. The molecule has 3 rings (SSSR count). The van der Waals surface area contributed by atoms with Crippen LogP contribution in [-0.4, -0.2) is 22.0 Å². The number of anilines is 3. The molecule has 0 saturated carbocycles. The van der Waals surface area contributed by atoms with Gasteiger partial charge in [0.05, 0.1) is 10.8 Å². The fraction of sp³-hybridized carbons (Fsp3) is 0.222. The molecule has 4 N–H and O–H groups in total. The molecular weight excluding hydrogens is 472 g/mol. The van der Waals surface area contributed by atoms with Crippen LogP contribution in [0.1, 0.15) is 43.9 Å². The molecule has 0 aliphatic carbocycles. The molecule has 1 atom stereocenters. The minimum Gasteiger partial charge on any atom is -0.383 e. The van der Waals surface area contributed by atoms with Crippen molar-refractivity contribution in [3.05, 3.63) is 65.2 Å². The van der Waals surface area contributed by atoms with Gasteiger partial charge in [-0.3, -0.25) is 9.59 Å². The van der Waals surface area contributed by atoms with Gasteiger partial charge in [0.25, 0.3) is 0 Å². The van der Waals surface area contributed by atoms with Gasteiger partial charge in [-0.05, 0) is 48.2 Å². The number of benzene rings is 2. The number of nitrogens with zero attached hydrogens (tertiary/aromatic N) is 3.